The van der Waals surface area contributed by atoms with Gasteiger partial charge in [-0.3, -0.25) is 0 Å². The number of hydrogen-bond acceptors (Lipinski definition) is 6. The maximum Gasteiger partial charge on any atom is 0.338 e. The third kappa shape index (κ3) is 3.64. The molecule has 1 aliphatic heterocycles. The zero-order valence-corrected chi connectivity index (χ0v) is 15.6. The van der Waals surface area contributed by atoms with Crippen LogP contribution < -0.4 is 5.32 Å². The molecule has 0 amide bonds. The highest BCUT2D eigenvalue weighted by Gasteiger charge is 2.35. The van der Waals surface area contributed by atoms with E-state index in [9.17, 15) is 13.2 Å². The van der Waals surface area contributed by atoms with Crippen molar-refractivity contribution in [1.82, 2.24) is 19.2 Å². The molecule has 140 valence electrons. The van der Waals surface area contributed by atoms with E-state index in [1.54, 1.807) is 36.7 Å². The number of rotatable bonds is 5. The molecule has 0 saturated carbocycles. The Morgan fingerprint density at radius 1 is 1.38 bits per heavy atom. The minimum atomic E-state index is -3.66. The molecule has 2 heterocycles. The first-order valence-electron chi connectivity index (χ1n) is 8.27. The molecule has 1 saturated heterocycles. The third-order valence-corrected chi connectivity index (χ3v) is 6.30. The molecule has 9 heteroatoms. The predicted molar refractivity (Wildman–Crippen MR) is 95.9 cm³/mol. The molecule has 2 aromatic rings. The molecule has 1 aromatic carbocycles. The number of benzene rings is 1. The lowest BCUT2D eigenvalue weighted by atomic mass is 10.1. The summed E-state index contributed by atoms with van der Waals surface area (Å²) < 4.78 is 34.3. The lowest BCUT2D eigenvalue weighted by molar-refractivity contribution is 0.0600. The number of sulfonamides is 1. The van der Waals surface area contributed by atoms with Crippen LogP contribution in [0.15, 0.2) is 36.7 Å². The van der Waals surface area contributed by atoms with Crippen molar-refractivity contribution in [3.63, 3.8) is 0 Å². The van der Waals surface area contributed by atoms with E-state index in [2.05, 4.69) is 10.3 Å². The number of nitrogens with one attached hydrogen (secondary N) is 1. The molecule has 1 N–H and O–H groups in total. The van der Waals surface area contributed by atoms with E-state index in [0.717, 1.165) is 0 Å². The molecule has 1 aromatic heterocycles. The number of imidazole rings is 1. The first kappa shape index (κ1) is 18.6. The third-order valence-electron chi connectivity index (χ3n) is 4.47. The van der Waals surface area contributed by atoms with Crippen LogP contribution in [0.25, 0.3) is 0 Å². The Hall–Kier alpha value is -2.23. The summed E-state index contributed by atoms with van der Waals surface area (Å²) in [6, 6.07) is 6.22. The number of aromatic nitrogens is 2. The van der Waals surface area contributed by atoms with Crippen molar-refractivity contribution in [1.29, 1.82) is 0 Å². The molecule has 1 unspecified atom stereocenters. The summed E-state index contributed by atoms with van der Waals surface area (Å²) in [5, 5.41) is 3.22. The van der Waals surface area contributed by atoms with Crippen LogP contribution in [0, 0.1) is 0 Å². The van der Waals surface area contributed by atoms with Crippen molar-refractivity contribution in [3.8, 4) is 0 Å². The maximum absolute atomic E-state index is 13.1. The van der Waals surface area contributed by atoms with Gasteiger partial charge in [-0.1, -0.05) is 18.2 Å². The average molecular weight is 378 g/mol. The summed E-state index contributed by atoms with van der Waals surface area (Å²) >= 11 is 0. The van der Waals surface area contributed by atoms with Crippen molar-refractivity contribution in [2.75, 3.05) is 26.7 Å². The van der Waals surface area contributed by atoms with Crippen LogP contribution in [0.4, 0.5) is 0 Å². The van der Waals surface area contributed by atoms with E-state index in [1.807, 2.05) is 11.6 Å². The van der Waals surface area contributed by atoms with Gasteiger partial charge in [-0.05, 0) is 11.6 Å². The Kier molecular flexibility index (Phi) is 5.40. The predicted octanol–water partition coefficient (Wildman–Crippen LogP) is 0.683. The topological polar surface area (TPSA) is 93.5 Å². The number of carbonyl (C=O) groups is 1. The highest BCUT2D eigenvalue weighted by atomic mass is 32.2. The molecule has 1 atom stereocenters. The van der Waals surface area contributed by atoms with Crippen LogP contribution in [0.2, 0.25) is 0 Å². The van der Waals surface area contributed by atoms with Crippen LogP contribution in [-0.2, 0) is 27.6 Å². The van der Waals surface area contributed by atoms with Crippen molar-refractivity contribution in [2.24, 2.45) is 7.05 Å². The lowest BCUT2D eigenvalue weighted by Gasteiger charge is -2.34. The normalized spacial score (nSPS) is 18.6. The second-order valence-electron chi connectivity index (χ2n) is 6.13. The minimum absolute atomic E-state index is 0.265. The first-order valence-corrected chi connectivity index (χ1v) is 9.88. The highest BCUT2D eigenvalue weighted by Crippen LogP contribution is 2.26. The number of carbonyl (C=O) groups excluding carboxylic acids is 1. The van der Waals surface area contributed by atoms with Gasteiger partial charge in [0.2, 0.25) is 10.0 Å². The van der Waals surface area contributed by atoms with E-state index >= 15 is 0 Å². The second-order valence-corrected chi connectivity index (χ2v) is 8.05. The Morgan fingerprint density at radius 3 is 2.85 bits per heavy atom. The van der Waals surface area contributed by atoms with Crippen molar-refractivity contribution >= 4 is 16.0 Å². The van der Waals surface area contributed by atoms with Gasteiger partial charge in [-0.15, -0.1) is 0 Å². The largest absolute Gasteiger partial charge is 0.465 e. The van der Waals surface area contributed by atoms with Gasteiger partial charge in [0.15, 0.2) is 0 Å². The SMILES string of the molecule is COC(=O)c1ccccc1CS(=O)(=O)N1CCNCC1c1nccn1C. The van der Waals surface area contributed by atoms with E-state index < -0.39 is 16.0 Å². The fraction of sp³-hybridized carbons (Fsp3) is 0.412. The minimum Gasteiger partial charge on any atom is -0.465 e. The standard InChI is InChI=1S/C17H22N4O4S/c1-20-9-8-19-16(20)15-11-18-7-10-21(15)26(23,24)12-13-5-3-4-6-14(13)17(22)25-2/h3-6,8-9,15,18H,7,10-12H2,1-2H3. The van der Waals surface area contributed by atoms with E-state index in [4.69, 9.17) is 4.74 Å². The number of hydrogen-bond donors (Lipinski definition) is 1. The average Bonchev–Trinajstić information content (AvgIpc) is 3.07. The monoisotopic (exact) mass is 378 g/mol. The molecule has 1 fully saturated rings. The number of esters is 1. The fourth-order valence-electron chi connectivity index (χ4n) is 3.17. The molecule has 1 aliphatic rings. The van der Waals surface area contributed by atoms with Crippen LogP contribution in [0.5, 0.6) is 0 Å². The number of nitrogens with zero attached hydrogens (tertiary/aromatic N) is 3. The van der Waals surface area contributed by atoms with E-state index in [0.29, 0.717) is 31.0 Å². The van der Waals surface area contributed by atoms with Crippen molar-refractivity contribution in [3.05, 3.63) is 53.6 Å². The van der Waals surface area contributed by atoms with Crippen LogP contribution in [-0.4, -0.2) is 55.0 Å². The Labute approximate surface area is 152 Å². The number of aryl methyl sites for hydroxylation is 1. The van der Waals surface area contributed by atoms with Gasteiger partial charge in [-0.2, -0.15) is 4.31 Å². The summed E-state index contributed by atoms with van der Waals surface area (Å²) in [6.07, 6.45) is 3.45. The summed E-state index contributed by atoms with van der Waals surface area (Å²) in [6.45, 7) is 1.40. The lowest BCUT2D eigenvalue weighted by Crippen LogP contribution is -2.49. The second kappa shape index (κ2) is 7.56. The zero-order valence-electron chi connectivity index (χ0n) is 14.8. The fourth-order valence-corrected chi connectivity index (χ4v) is 4.91. The summed E-state index contributed by atoms with van der Waals surface area (Å²) in [7, 11) is -0.540. The number of piperazine rings is 1. The van der Waals surface area contributed by atoms with Crippen LogP contribution in [0.3, 0.4) is 0 Å². The molecule has 0 bridgehead atoms. The molecule has 0 aliphatic carbocycles. The van der Waals surface area contributed by atoms with Gasteiger partial charge >= 0.3 is 5.97 Å². The molecule has 8 nitrogen and oxygen atoms in total. The summed E-state index contributed by atoms with van der Waals surface area (Å²) in [5.74, 6) is -0.127. The zero-order chi connectivity index (χ0) is 18.7. The van der Waals surface area contributed by atoms with Crippen molar-refractivity contribution in [2.45, 2.75) is 11.8 Å². The highest BCUT2D eigenvalue weighted by molar-refractivity contribution is 7.88. The van der Waals surface area contributed by atoms with Gasteiger partial charge in [0, 0.05) is 39.1 Å². The Balaban J connectivity index is 1.92. The molecule has 0 radical (unpaired) electrons. The van der Waals surface area contributed by atoms with E-state index in [-0.39, 0.29) is 17.4 Å². The van der Waals surface area contributed by atoms with Gasteiger partial charge in [0.25, 0.3) is 0 Å². The van der Waals surface area contributed by atoms with Crippen LogP contribution >= 0.6 is 0 Å². The molecular weight excluding hydrogens is 356 g/mol. The first-order chi connectivity index (χ1) is 12.4. The van der Waals surface area contributed by atoms with Gasteiger partial charge in [-0.25, -0.2) is 18.2 Å². The van der Waals surface area contributed by atoms with Gasteiger partial charge in [0.05, 0.1) is 24.5 Å². The summed E-state index contributed by atoms with van der Waals surface area (Å²) in [4.78, 5) is 16.3. The quantitative estimate of drug-likeness (QED) is 0.769. The molecule has 3 rings (SSSR count). The van der Waals surface area contributed by atoms with E-state index in [1.165, 1.54) is 11.4 Å². The summed E-state index contributed by atoms with van der Waals surface area (Å²) in [5.41, 5.74) is 0.693. The molecule has 26 heavy (non-hydrogen) atoms. The molecular formula is C17H22N4O4S. The maximum atomic E-state index is 13.1. The molecule has 0 spiro atoms. The Bertz CT molecular complexity index is 894. The smallest absolute Gasteiger partial charge is 0.338 e. The van der Waals surface area contributed by atoms with Crippen LogP contribution in [0.1, 0.15) is 27.8 Å². The Morgan fingerprint density at radius 2 is 2.15 bits per heavy atom. The van der Waals surface area contributed by atoms with Crippen molar-refractivity contribution < 1.29 is 17.9 Å². The van der Waals surface area contributed by atoms with Gasteiger partial charge in [0.1, 0.15) is 5.82 Å². The number of methoxy groups -OCH3 is 1. The number of ether oxygens (including phenoxy) is 1. The van der Waals surface area contributed by atoms with Gasteiger partial charge < -0.3 is 14.6 Å².